The summed E-state index contributed by atoms with van der Waals surface area (Å²) >= 11 is 0. The van der Waals surface area contributed by atoms with Gasteiger partial charge in [0.15, 0.2) is 0 Å². The molecule has 3 rings (SSSR count). The first kappa shape index (κ1) is 12.6. The van der Waals surface area contributed by atoms with Gasteiger partial charge in [-0.05, 0) is 36.9 Å². The predicted octanol–water partition coefficient (Wildman–Crippen LogP) is 3.69. The van der Waals surface area contributed by atoms with Crippen LogP contribution < -0.4 is 4.90 Å². The second kappa shape index (κ2) is 4.29. The molecule has 1 unspecified atom stereocenters. The van der Waals surface area contributed by atoms with E-state index in [9.17, 15) is 4.91 Å². The number of aryl methyl sites for hydroxylation is 1. The van der Waals surface area contributed by atoms with E-state index in [4.69, 9.17) is 4.98 Å². The van der Waals surface area contributed by atoms with Crippen LogP contribution in [0.3, 0.4) is 0 Å². The Morgan fingerprint density at radius 2 is 2.16 bits per heavy atom. The quantitative estimate of drug-likeness (QED) is 0.722. The van der Waals surface area contributed by atoms with E-state index in [-0.39, 0.29) is 5.41 Å². The number of aromatic nitrogens is 1. The second-order valence-electron chi connectivity index (χ2n) is 6.69. The normalized spacial score (nSPS) is 22.1. The minimum Gasteiger partial charge on any atom is -0.365 e. The van der Waals surface area contributed by atoms with Crippen molar-refractivity contribution in [3.05, 3.63) is 22.4 Å². The molecule has 2 aliphatic heterocycles. The number of pyridine rings is 1. The molecule has 0 aliphatic carbocycles. The molecule has 102 valence electrons. The van der Waals surface area contributed by atoms with Crippen molar-refractivity contribution in [1.82, 2.24) is 4.98 Å². The molecule has 0 aromatic carbocycles. The number of nitroso groups, excluding NO2 is 1. The van der Waals surface area contributed by atoms with Gasteiger partial charge in [0.1, 0.15) is 5.69 Å². The summed E-state index contributed by atoms with van der Waals surface area (Å²) in [6.07, 6.45) is 4.58. The maximum absolute atomic E-state index is 11.2. The van der Waals surface area contributed by atoms with Crippen molar-refractivity contribution in [1.29, 1.82) is 0 Å². The van der Waals surface area contributed by atoms with Crippen LogP contribution in [0.5, 0.6) is 0 Å². The molecule has 4 nitrogen and oxygen atoms in total. The van der Waals surface area contributed by atoms with E-state index < -0.39 is 0 Å². The van der Waals surface area contributed by atoms with Crippen LogP contribution in [0.15, 0.2) is 11.2 Å². The highest BCUT2D eigenvalue weighted by molar-refractivity contribution is 5.72. The van der Waals surface area contributed by atoms with E-state index in [0.29, 0.717) is 11.7 Å². The van der Waals surface area contributed by atoms with Crippen LogP contribution in [0, 0.1) is 4.91 Å². The molecule has 0 N–H and O–H groups in total. The lowest BCUT2D eigenvalue weighted by Gasteiger charge is -2.34. The lowest BCUT2D eigenvalue weighted by molar-refractivity contribution is 0.546. The molecule has 0 radical (unpaired) electrons. The van der Waals surface area contributed by atoms with Crippen LogP contribution in [-0.2, 0) is 11.8 Å². The predicted molar refractivity (Wildman–Crippen MR) is 77.1 cm³/mol. The average molecular weight is 259 g/mol. The van der Waals surface area contributed by atoms with Crippen molar-refractivity contribution in [2.75, 3.05) is 11.4 Å². The maximum atomic E-state index is 11.2. The monoisotopic (exact) mass is 259 g/mol. The summed E-state index contributed by atoms with van der Waals surface area (Å²) in [5, 5.41) is 3.29. The topological polar surface area (TPSA) is 45.6 Å². The summed E-state index contributed by atoms with van der Waals surface area (Å²) in [7, 11) is 0. The van der Waals surface area contributed by atoms with E-state index >= 15 is 0 Å². The molecular weight excluding hydrogens is 238 g/mol. The van der Waals surface area contributed by atoms with Crippen molar-refractivity contribution in [3.63, 3.8) is 0 Å². The molecule has 0 amide bonds. The first-order valence-electron chi connectivity index (χ1n) is 7.15. The third kappa shape index (κ3) is 2.03. The van der Waals surface area contributed by atoms with Gasteiger partial charge in [0.25, 0.3) is 0 Å². The molecule has 0 spiro atoms. The lowest BCUT2D eigenvalue weighted by Crippen LogP contribution is -2.35. The minimum atomic E-state index is -0.0453. The Bertz CT molecular complexity index is 519. The van der Waals surface area contributed by atoms with Crippen molar-refractivity contribution in [3.8, 4) is 0 Å². The van der Waals surface area contributed by atoms with Crippen molar-refractivity contribution in [2.45, 2.75) is 57.9 Å². The van der Waals surface area contributed by atoms with Crippen LogP contribution in [0.1, 0.15) is 51.4 Å². The Balaban J connectivity index is 2.14. The molecule has 1 saturated heterocycles. The molecule has 3 heterocycles. The smallest absolute Gasteiger partial charge is 0.135 e. The summed E-state index contributed by atoms with van der Waals surface area (Å²) < 4.78 is 0. The molecule has 0 bridgehead atoms. The SMILES string of the molecule is CC(C)(C)c1cc(N=O)c2c(n1)CCC1CCCN21. The fourth-order valence-electron chi connectivity index (χ4n) is 3.25. The Morgan fingerprint density at radius 1 is 1.37 bits per heavy atom. The Morgan fingerprint density at radius 3 is 2.84 bits per heavy atom. The summed E-state index contributed by atoms with van der Waals surface area (Å²) in [5.74, 6) is 0. The van der Waals surface area contributed by atoms with Gasteiger partial charge in [0.05, 0.1) is 11.4 Å². The summed E-state index contributed by atoms with van der Waals surface area (Å²) in [6.45, 7) is 7.41. The number of hydrogen-bond donors (Lipinski definition) is 0. The largest absolute Gasteiger partial charge is 0.365 e. The number of fused-ring (bicyclic) bond motifs is 3. The fourth-order valence-corrected chi connectivity index (χ4v) is 3.25. The molecular formula is C15H21N3O. The van der Waals surface area contributed by atoms with Gasteiger partial charge in [-0.15, -0.1) is 4.91 Å². The van der Waals surface area contributed by atoms with Crippen molar-refractivity contribution in [2.24, 2.45) is 5.18 Å². The van der Waals surface area contributed by atoms with E-state index in [1.165, 1.54) is 12.8 Å². The van der Waals surface area contributed by atoms with E-state index in [2.05, 4.69) is 30.8 Å². The van der Waals surface area contributed by atoms with Gasteiger partial charge in [-0.1, -0.05) is 20.8 Å². The first-order chi connectivity index (χ1) is 9.00. The van der Waals surface area contributed by atoms with Crippen LogP contribution in [0.25, 0.3) is 0 Å². The van der Waals surface area contributed by atoms with Crippen LogP contribution >= 0.6 is 0 Å². The molecule has 1 atom stereocenters. The highest BCUT2D eigenvalue weighted by Crippen LogP contribution is 2.43. The second-order valence-corrected chi connectivity index (χ2v) is 6.69. The zero-order valence-corrected chi connectivity index (χ0v) is 11.9. The van der Waals surface area contributed by atoms with Crippen LogP contribution in [0.2, 0.25) is 0 Å². The molecule has 2 aliphatic rings. The number of hydrogen-bond acceptors (Lipinski definition) is 4. The van der Waals surface area contributed by atoms with E-state index in [0.717, 1.165) is 36.5 Å². The fraction of sp³-hybridized carbons (Fsp3) is 0.667. The number of rotatable bonds is 1. The van der Waals surface area contributed by atoms with Crippen molar-refractivity contribution >= 4 is 11.4 Å². The first-order valence-corrected chi connectivity index (χ1v) is 7.15. The zero-order valence-electron chi connectivity index (χ0n) is 11.9. The maximum Gasteiger partial charge on any atom is 0.135 e. The summed E-state index contributed by atoms with van der Waals surface area (Å²) in [4.78, 5) is 18.4. The summed E-state index contributed by atoms with van der Waals surface area (Å²) in [6, 6.07) is 2.47. The highest BCUT2D eigenvalue weighted by atomic mass is 16.3. The van der Waals surface area contributed by atoms with Gasteiger partial charge >= 0.3 is 0 Å². The molecule has 1 fully saturated rings. The van der Waals surface area contributed by atoms with Gasteiger partial charge < -0.3 is 4.90 Å². The van der Waals surface area contributed by atoms with Gasteiger partial charge in [-0.25, -0.2) is 0 Å². The third-order valence-electron chi connectivity index (χ3n) is 4.29. The lowest BCUT2D eigenvalue weighted by atomic mass is 9.89. The molecule has 4 heteroatoms. The number of anilines is 1. The van der Waals surface area contributed by atoms with Gasteiger partial charge in [-0.2, -0.15) is 0 Å². The van der Waals surface area contributed by atoms with E-state index in [1.807, 2.05) is 6.07 Å². The Hall–Kier alpha value is -1.45. The highest BCUT2D eigenvalue weighted by Gasteiger charge is 2.34. The van der Waals surface area contributed by atoms with Crippen molar-refractivity contribution < 1.29 is 0 Å². The Labute approximate surface area is 114 Å². The minimum absolute atomic E-state index is 0.0453. The van der Waals surface area contributed by atoms with Crippen LogP contribution in [0.4, 0.5) is 11.4 Å². The van der Waals surface area contributed by atoms with Gasteiger partial charge in [-0.3, -0.25) is 4.98 Å². The molecule has 1 aromatic heterocycles. The van der Waals surface area contributed by atoms with E-state index in [1.54, 1.807) is 0 Å². The standard InChI is InChI=1S/C15H21N3O/c1-15(2,3)13-9-12(17-19)14-11(16-13)7-6-10-5-4-8-18(10)14/h9-10H,4-8H2,1-3H3. The Kier molecular flexibility index (Phi) is 2.84. The molecule has 1 aromatic rings. The third-order valence-corrected chi connectivity index (χ3v) is 4.29. The van der Waals surface area contributed by atoms with Gasteiger partial charge in [0, 0.05) is 23.7 Å². The summed E-state index contributed by atoms with van der Waals surface area (Å²) in [5.41, 5.74) is 3.59. The van der Waals surface area contributed by atoms with Gasteiger partial charge in [0.2, 0.25) is 0 Å². The molecule has 19 heavy (non-hydrogen) atoms. The van der Waals surface area contributed by atoms with Crippen LogP contribution in [-0.4, -0.2) is 17.6 Å². The zero-order chi connectivity index (χ0) is 13.6. The number of nitrogens with zero attached hydrogens (tertiary/aromatic N) is 3. The average Bonchev–Trinajstić information content (AvgIpc) is 2.84. The molecule has 0 saturated carbocycles.